The number of likely N-dealkylation sites (N-methyl/N-ethyl adjacent to an activating group) is 2. The van der Waals surface area contributed by atoms with Crippen LogP contribution >= 0.6 is 21.6 Å². The third-order valence-corrected chi connectivity index (χ3v) is 6.98. The van der Waals surface area contributed by atoms with Gasteiger partial charge in [0, 0.05) is 49.5 Å². The number of aliphatic hydroxyl groups is 4. The average Bonchev–Trinajstić information content (AvgIpc) is 2.67. The zero-order valence-electron chi connectivity index (χ0n) is 17.7. The van der Waals surface area contributed by atoms with Crippen LogP contribution in [0, 0.1) is 10.8 Å². The highest BCUT2D eigenvalue weighted by molar-refractivity contribution is 8.76. The topological polar surface area (TPSA) is 122 Å². The minimum absolute atomic E-state index is 0.283. The number of nitrogens with zero attached hydrogens (tertiary/aromatic N) is 2. The second-order valence-corrected chi connectivity index (χ2v) is 11.0. The Labute approximate surface area is 176 Å². The normalized spacial score (nSPS) is 14.5. The molecule has 0 bridgehead atoms. The Hall–Kier alpha value is -0.520. The lowest BCUT2D eigenvalue weighted by Crippen LogP contribution is -2.46. The van der Waals surface area contributed by atoms with Gasteiger partial charge in [0.15, 0.2) is 0 Å². The first-order valence-electron chi connectivity index (χ1n) is 9.14. The van der Waals surface area contributed by atoms with Crippen molar-refractivity contribution in [1.82, 2.24) is 9.80 Å². The lowest BCUT2D eigenvalue weighted by atomic mass is 9.87. The van der Waals surface area contributed by atoms with Crippen LogP contribution in [0.5, 0.6) is 0 Å². The van der Waals surface area contributed by atoms with Crippen molar-refractivity contribution >= 4 is 33.4 Å². The average molecular weight is 441 g/mol. The maximum absolute atomic E-state index is 12.2. The first kappa shape index (κ1) is 27.5. The molecule has 0 aliphatic carbocycles. The highest BCUT2D eigenvalue weighted by Crippen LogP contribution is 2.24. The fourth-order valence-corrected chi connectivity index (χ4v) is 4.03. The second-order valence-electron chi connectivity index (χ2n) is 8.26. The molecule has 0 spiro atoms. The molecule has 0 aromatic rings. The lowest BCUT2D eigenvalue weighted by molar-refractivity contribution is -0.147. The van der Waals surface area contributed by atoms with Crippen LogP contribution in [0.4, 0.5) is 0 Å². The Balaban J connectivity index is 4.15. The lowest BCUT2D eigenvalue weighted by Gasteiger charge is -2.30. The van der Waals surface area contributed by atoms with E-state index in [1.165, 1.54) is 9.80 Å². The molecule has 2 amide bonds. The number of aliphatic hydroxyl groups excluding tert-OH is 4. The van der Waals surface area contributed by atoms with Gasteiger partial charge in [-0.15, -0.1) is 0 Å². The van der Waals surface area contributed by atoms with Gasteiger partial charge in [0.1, 0.15) is 12.2 Å². The van der Waals surface area contributed by atoms with Crippen molar-refractivity contribution in [2.24, 2.45) is 10.8 Å². The van der Waals surface area contributed by atoms with Crippen molar-refractivity contribution in [1.29, 1.82) is 0 Å². The van der Waals surface area contributed by atoms with Crippen molar-refractivity contribution in [3.05, 3.63) is 0 Å². The van der Waals surface area contributed by atoms with E-state index in [1.807, 2.05) is 0 Å². The molecule has 0 saturated carbocycles. The molecule has 0 heterocycles. The van der Waals surface area contributed by atoms with Crippen LogP contribution in [0.2, 0.25) is 0 Å². The SMILES string of the molecule is CN(CCSSCCN(C)C(=O)C(O)C(C)(C)CO)C(=O)C(O)C(C)(C)CO. The molecule has 0 rings (SSSR count). The predicted molar refractivity (Wildman–Crippen MR) is 114 cm³/mol. The number of rotatable bonds is 13. The summed E-state index contributed by atoms with van der Waals surface area (Å²) in [7, 11) is 6.32. The summed E-state index contributed by atoms with van der Waals surface area (Å²) in [5, 5.41) is 38.6. The summed E-state index contributed by atoms with van der Waals surface area (Å²) in [4.78, 5) is 27.2. The first-order chi connectivity index (χ1) is 12.8. The maximum atomic E-state index is 12.2. The number of hydrogen-bond acceptors (Lipinski definition) is 8. The van der Waals surface area contributed by atoms with Gasteiger partial charge in [-0.3, -0.25) is 9.59 Å². The van der Waals surface area contributed by atoms with Crippen LogP contribution in [-0.2, 0) is 9.59 Å². The third-order valence-electron chi connectivity index (χ3n) is 4.62. The van der Waals surface area contributed by atoms with Gasteiger partial charge < -0.3 is 30.2 Å². The molecular weight excluding hydrogens is 404 g/mol. The molecular formula is C18H36N2O6S2. The Morgan fingerprint density at radius 2 is 1.07 bits per heavy atom. The Bertz CT molecular complexity index is 460. The van der Waals surface area contributed by atoms with E-state index < -0.39 is 34.9 Å². The number of carbonyl (C=O) groups is 2. The fourth-order valence-electron chi connectivity index (χ4n) is 1.95. The number of amides is 2. The van der Waals surface area contributed by atoms with E-state index in [-0.39, 0.29) is 13.2 Å². The first-order valence-corrected chi connectivity index (χ1v) is 11.6. The molecule has 8 nitrogen and oxygen atoms in total. The van der Waals surface area contributed by atoms with Gasteiger partial charge in [0.05, 0.1) is 13.2 Å². The summed E-state index contributed by atoms with van der Waals surface area (Å²) in [5.74, 6) is 0.458. The highest BCUT2D eigenvalue weighted by Gasteiger charge is 2.35. The second kappa shape index (κ2) is 12.2. The molecule has 4 N–H and O–H groups in total. The minimum Gasteiger partial charge on any atom is -0.396 e. The quantitative estimate of drug-likeness (QED) is 0.234. The van der Waals surface area contributed by atoms with Crippen LogP contribution < -0.4 is 0 Å². The maximum Gasteiger partial charge on any atom is 0.251 e. The molecule has 28 heavy (non-hydrogen) atoms. The summed E-state index contributed by atoms with van der Waals surface area (Å²) in [6, 6.07) is 0. The van der Waals surface area contributed by atoms with Crippen molar-refractivity contribution in [3.8, 4) is 0 Å². The van der Waals surface area contributed by atoms with E-state index in [1.54, 1.807) is 63.4 Å². The summed E-state index contributed by atoms with van der Waals surface area (Å²) in [5.41, 5.74) is -1.78. The molecule has 0 aliphatic heterocycles. The van der Waals surface area contributed by atoms with Gasteiger partial charge >= 0.3 is 0 Å². The van der Waals surface area contributed by atoms with Gasteiger partial charge in [-0.1, -0.05) is 49.3 Å². The van der Waals surface area contributed by atoms with E-state index in [2.05, 4.69) is 0 Å². The summed E-state index contributed by atoms with van der Waals surface area (Å²) in [6.07, 6.45) is -2.51. The third kappa shape index (κ3) is 8.46. The predicted octanol–water partition coefficient (Wildman–Crippen LogP) is 0.0434. The van der Waals surface area contributed by atoms with E-state index in [9.17, 15) is 30.0 Å². The zero-order chi connectivity index (χ0) is 22.1. The minimum atomic E-state index is -1.26. The zero-order valence-corrected chi connectivity index (χ0v) is 19.3. The standard InChI is InChI=1S/C18H36N2O6S2/c1-17(2,11-21)13(23)15(25)19(5)7-9-27-28-10-8-20(6)16(26)14(24)18(3,4)12-22/h13-14,21-24H,7-12H2,1-6H3. The van der Waals surface area contributed by atoms with Gasteiger partial charge in [-0.05, 0) is 0 Å². The molecule has 0 fully saturated rings. The molecule has 0 aromatic carbocycles. The molecule has 0 radical (unpaired) electrons. The molecule has 166 valence electrons. The van der Waals surface area contributed by atoms with Gasteiger partial charge in [0.25, 0.3) is 11.8 Å². The van der Waals surface area contributed by atoms with Gasteiger partial charge in [-0.2, -0.15) is 0 Å². The Morgan fingerprint density at radius 3 is 1.32 bits per heavy atom. The van der Waals surface area contributed by atoms with Crippen LogP contribution in [-0.4, -0.2) is 106 Å². The van der Waals surface area contributed by atoms with Crippen LogP contribution in [0.15, 0.2) is 0 Å². The van der Waals surface area contributed by atoms with Crippen molar-refractivity contribution in [3.63, 3.8) is 0 Å². The molecule has 2 unspecified atom stereocenters. The Kier molecular flexibility index (Phi) is 12.0. The van der Waals surface area contributed by atoms with Gasteiger partial charge in [0.2, 0.25) is 0 Å². The molecule has 2 atom stereocenters. The van der Waals surface area contributed by atoms with Gasteiger partial charge in [-0.25, -0.2) is 0 Å². The summed E-state index contributed by atoms with van der Waals surface area (Å²) >= 11 is 0. The highest BCUT2D eigenvalue weighted by atomic mass is 33.1. The molecule has 0 aromatic heterocycles. The Morgan fingerprint density at radius 1 is 0.786 bits per heavy atom. The smallest absolute Gasteiger partial charge is 0.251 e. The van der Waals surface area contributed by atoms with Crippen LogP contribution in [0.25, 0.3) is 0 Å². The fraction of sp³-hybridized carbons (Fsp3) is 0.889. The summed E-state index contributed by atoms with van der Waals surface area (Å²) in [6.45, 7) is 6.85. The summed E-state index contributed by atoms with van der Waals surface area (Å²) < 4.78 is 0. The van der Waals surface area contributed by atoms with E-state index in [0.29, 0.717) is 24.6 Å². The van der Waals surface area contributed by atoms with Crippen molar-refractivity contribution < 1.29 is 30.0 Å². The molecule has 10 heteroatoms. The largest absolute Gasteiger partial charge is 0.396 e. The van der Waals surface area contributed by atoms with Crippen molar-refractivity contribution in [2.45, 2.75) is 39.9 Å². The molecule has 0 saturated heterocycles. The molecule has 0 aliphatic rings. The number of carbonyl (C=O) groups excluding carboxylic acids is 2. The van der Waals surface area contributed by atoms with E-state index in [4.69, 9.17) is 0 Å². The van der Waals surface area contributed by atoms with Crippen LogP contribution in [0.1, 0.15) is 27.7 Å². The van der Waals surface area contributed by atoms with E-state index >= 15 is 0 Å². The number of hydrogen-bond donors (Lipinski definition) is 4. The monoisotopic (exact) mass is 440 g/mol. The van der Waals surface area contributed by atoms with E-state index in [0.717, 1.165) is 0 Å². The van der Waals surface area contributed by atoms with Crippen LogP contribution in [0.3, 0.4) is 0 Å². The van der Waals surface area contributed by atoms with Crippen molar-refractivity contribution in [2.75, 3.05) is 51.9 Å².